The highest BCUT2D eigenvalue weighted by atomic mass is 15.0. The van der Waals surface area contributed by atoms with E-state index in [0.717, 1.165) is 0 Å². The first-order valence-corrected chi connectivity index (χ1v) is 15.4. The predicted octanol–water partition coefficient (Wildman–Crippen LogP) is 11.9. The number of para-hydroxylation sites is 2. The highest BCUT2D eigenvalue weighted by molar-refractivity contribution is 6.27. The molecule has 1 heteroatoms. The van der Waals surface area contributed by atoms with E-state index in [4.69, 9.17) is 0 Å². The van der Waals surface area contributed by atoms with E-state index in [9.17, 15) is 0 Å². The first-order chi connectivity index (χ1) is 21.6. The number of nitrogens with zero attached hydrogens (tertiary/aromatic N) is 1. The molecule has 1 nitrogen and oxygen atoms in total. The van der Waals surface area contributed by atoms with Crippen LogP contribution in [0.1, 0.15) is 16.7 Å². The third kappa shape index (κ3) is 3.53. The minimum atomic E-state index is 1.24. The molecule has 0 bridgehead atoms. The van der Waals surface area contributed by atoms with Crippen LogP contribution in [0.2, 0.25) is 0 Å². The molecule has 0 unspecified atom stereocenters. The lowest BCUT2D eigenvalue weighted by molar-refractivity contribution is 1.14. The van der Waals surface area contributed by atoms with Crippen molar-refractivity contribution < 1.29 is 0 Å². The molecule has 0 amide bonds. The molecule has 0 fully saturated rings. The van der Waals surface area contributed by atoms with Crippen LogP contribution in [0.5, 0.6) is 0 Å². The zero-order valence-corrected chi connectivity index (χ0v) is 25.1. The van der Waals surface area contributed by atoms with Crippen LogP contribution < -0.4 is 0 Å². The van der Waals surface area contributed by atoms with Gasteiger partial charge >= 0.3 is 0 Å². The van der Waals surface area contributed by atoms with Crippen molar-refractivity contribution >= 4 is 54.1 Å². The third-order valence-electron chi connectivity index (χ3n) is 9.68. The Bertz CT molecular complexity index is 2510. The highest BCUT2D eigenvalue weighted by Crippen LogP contribution is 2.43. The summed E-state index contributed by atoms with van der Waals surface area (Å²) >= 11 is 0. The van der Waals surface area contributed by atoms with Crippen molar-refractivity contribution in [2.24, 2.45) is 0 Å². The SMILES string of the molecule is Cc1ccc(-c2ccc3ccc4c(-c5cc(C)c(-n6c7ccccc7c7ccccc76)cc5C)ccc5ccc2c3c54)cc1. The van der Waals surface area contributed by atoms with E-state index in [2.05, 4.69) is 159 Å². The molecule has 0 atom stereocenters. The summed E-state index contributed by atoms with van der Waals surface area (Å²) in [4.78, 5) is 0. The average Bonchev–Trinajstić information content (AvgIpc) is 3.39. The van der Waals surface area contributed by atoms with Crippen molar-refractivity contribution in [1.29, 1.82) is 0 Å². The first-order valence-electron chi connectivity index (χ1n) is 15.4. The molecule has 0 aliphatic heterocycles. The van der Waals surface area contributed by atoms with Gasteiger partial charge in [-0.2, -0.15) is 0 Å². The minimum absolute atomic E-state index is 1.24. The second-order valence-electron chi connectivity index (χ2n) is 12.3. The average molecular weight is 562 g/mol. The van der Waals surface area contributed by atoms with Crippen molar-refractivity contribution in [3.05, 3.63) is 150 Å². The maximum absolute atomic E-state index is 2.44. The summed E-state index contributed by atoms with van der Waals surface area (Å²) in [6.45, 7) is 6.67. The Hall–Kier alpha value is -5.40. The molecule has 0 N–H and O–H groups in total. The summed E-state index contributed by atoms with van der Waals surface area (Å²) in [5, 5.41) is 10.5. The maximum atomic E-state index is 2.44. The Kier molecular flexibility index (Phi) is 5.31. The molecule has 9 aromatic rings. The van der Waals surface area contributed by atoms with Gasteiger partial charge in [0, 0.05) is 16.5 Å². The van der Waals surface area contributed by atoms with Gasteiger partial charge in [0.15, 0.2) is 0 Å². The standard InChI is InChI=1S/C43H31N/c1-26-12-14-29(15-13-26)32-20-16-30-19-23-37-33(21-17-31-18-22-36(32)42(30)43(31)37)38-24-28(3)41(25-27(38)2)44-39-10-6-4-8-34(39)35-9-5-7-11-40(35)44/h4-25H,1-3H3. The second kappa shape index (κ2) is 9.30. The van der Waals surface area contributed by atoms with E-state index >= 15 is 0 Å². The normalized spacial score (nSPS) is 12.0. The molecule has 9 rings (SSSR count). The maximum Gasteiger partial charge on any atom is 0.0541 e. The fourth-order valence-electron chi connectivity index (χ4n) is 7.53. The van der Waals surface area contributed by atoms with Crippen molar-refractivity contribution in [3.63, 3.8) is 0 Å². The molecular formula is C43H31N. The van der Waals surface area contributed by atoms with Gasteiger partial charge in [0.2, 0.25) is 0 Å². The highest BCUT2D eigenvalue weighted by Gasteiger charge is 2.18. The lowest BCUT2D eigenvalue weighted by Gasteiger charge is -2.19. The van der Waals surface area contributed by atoms with Gasteiger partial charge in [0.25, 0.3) is 0 Å². The first kappa shape index (κ1) is 25.1. The molecule has 8 aromatic carbocycles. The van der Waals surface area contributed by atoms with Gasteiger partial charge in [-0.1, -0.05) is 115 Å². The summed E-state index contributed by atoms with van der Waals surface area (Å²) < 4.78 is 2.44. The van der Waals surface area contributed by atoms with Gasteiger partial charge in [-0.3, -0.25) is 0 Å². The van der Waals surface area contributed by atoms with E-state index in [1.54, 1.807) is 0 Å². The number of hydrogen-bond donors (Lipinski definition) is 0. The Labute approximate surface area is 257 Å². The molecule has 0 aliphatic carbocycles. The van der Waals surface area contributed by atoms with E-state index in [1.165, 1.54) is 98.8 Å². The molecule has 44 heavy (non-hydrogen) atoms. The van der Waals surface area contributed by atoms with Gasteiger partial charge in [0.05, 0.1) is 11.0 Å². The topological polar surface area (TPSA) is 4.93 Å². The summed E-state index contributed by atoms with van der Waals surface area (Å²) in [5.41, 5.74) is 12.7. The molecule has 208 valence electrons. The molecule has 0 saturated heterocycles. The summed E-state index contributed by atoms with van der Waals surface area (Å²) in [7, 11) is 0. The van der Waals surface area contributed by atoms with Crippen LogP contribution in [0, 0.1) is 20.8 Å². The molecule has 0 saturated carbocycles. The quantitative estimate of drug-likeness (QED) is 0.189. The number of aromatic nitrogens is 1. The molecule has 0 spiro atoms. The number of fused-ring (bicyclic) bond motifs is 3. The smallest absolute Gasteiger partial charge is 0.0541 e. The van der Waals surface area contributed by atoms with Crippen LogP contribution in [-0.4, -0.2) is 4.57 Å². The number of benzene rings is 8. The van der Waals surface area contributed by atoms with Crippen molar-refractivity contribution in [3.8, 4) is 27.9 Å². The van der Waals surface area contributed by atoms with Crippen LogP contribution in [0.25, 0.3) is 82.1 Å². The van der Waals surface area contributed by atoms with Crippen LogP contribution >= 0.6 is 0 Å². The zero-order chi connectivity index (χ0) is 29.5. The van der Waals surface area contributed by atoms with Crippen LogP contribution in [0.3, 0.4) is 0 Å². The van der Waals surface area contributed by atoms with Crippen LogP contribution in [-0.2, 0) is 0 Å². The van der Waals surface area contributed by atoms with Crippen molar-refractivity contribution in [2.45, 2.75) is 20.8 Å². The van der Waals surface area contributed by atoms with Crippen LogP contribution in [0.4, 0.5) is 0 Å². The van der Waals surface area contributed by atoms with Gasteiger partial charge < -0.3 is 4.57 Å². The lowest BCUT2D eigenvalue weighted by atomic mass is 9.86. The second-order valence-corrected chi connectivity index (χ2v) is 12.3. The van der Waals surface area contributed by atoms with Crippen LogP contribution in [0.15, 0.2) is 133 Å². The monoisotopic (exact) mass is 561 g/mol. The Morgan fingerprint density at radius 3 is 1.59 bits per heavy atom. The van der Waals surface area contributed by atoms with E-state index in [0.29, 0.717) is 0 Å². The minimum Gasteiger partial charge on any atom is -0.309 e. The van der Waals surface area contributed by atoms with E-state index in [-0.39, 0.29) is 0 Å². The molecule has 0 radical (unpaired) electrons. The Balaban J connectivity index is 1.28. The van der Waals surface area contributed by atoms with Crippen molar-refractivity contribution in [2.75, 3.05) is 0 Å². The molecular weight excluding hydrogens is 530 g/mol. The number of hydrogen-bond acceptors (Lipinski definition) is 0. The van der Waals surface area contributed by atoms with Gasteiger partial charge in [-0.25, -0.2) is 0 Å². The summed E-state index contributed by atoms with van der Waals surface area (Å²) in [5.74, 6) is 0. The molecule has 1 heterocycles. The number of aryl methyl sites for hydroxylation is 3. The number of rotatable bonds is 3. The van der Waals surface area contributed by atoms with E-state index < -0.39 is 0 Å². The fourth-order valence-corrected chi connectivity index (χ4v) is 7.53. The van der Waals surface area contributed by atoms with Crippen molar-refractivity contribution in [1.82, 2.24) is 4.57 Å². The largest absolute Gasteiger partial charge is 0.309 e. The Morgan fingerprint density at radius 1 is 0.409 bits per heavy atom. The summed E-state index contributed by atoms with van der Waals surface area (Å²) in [6, 6.07) is 49.7. The predicted molar refractivity (Wildman–Crippen MR) is 190 cm³/mol. The third-order valence-corrected chi connectivity index (χ3v) is 9.68. The van der Waals surface area contributed by atoms with Gasteiger partial charge in [-0.15, -0.1) is 0 Å². The molecule has 0 aliphatic rings. The summed E-state index contributed by atoms with van der Waals surface area (Å²) in [6.07, 6.45) is 0. The fraction of sp³-hybridized carbons (Fsp3) is 0.0698. The van der Waals surface area contributed by atoms with Gasteiger partial charge in [-0.05, 0) is 111 Å². The lowest BCUT2D eigenvalue weighted by Crippen LogP contribution is -1.99. The molecule has 1 aromatic heterocycles. The van der Waals surface area contributed by atoms with E-state index in [1.807, 2.05) is 0 Å². The Morgan fingerprint density at radius 2 is 0.955 bits per heavy atom. The zero-order valence-electron chi connectivity index (χ0n) is 25.1. The van der Waals surface area contributed by atoms with Gasteiger partial charge in [0.1, 0.15) is 0 Å².